The summed E-state index contributed by atoms with van der Waals surface area (Å²) in [5.41, 5.74) is 2.64. The number of fused-ring (bicyclic) bond motifs is 1. The summed E-state index contributed by atoms with van der Waals surface area (Å²) in [6.07, 6.45) is 0.681. The predicted octanol–water partition coefficient (Wildman–Crippen LogP) is 1.97. The van der Waals surface area contributed by atoms with Gasteiger partial charge in [0.15, 0.2) is 5.69 Å². The first-order valence-corrected chi connectivity index (χ1v) is 8.18. The SMILES string of the molecule is CNC(=O)N1CCc2c(c(-c3nnc(-c4ccccc4F)o3)nn2C)C1. The molecule has 1 N–H and O–H groups in total. The lowest BCUT2D eigenvalue weighted by atomic mass is 10.1. The van der Waals surface area contributed by atoms with Crippen LogP contribution in [0.25, 0.3) is 23.0 Å². The third-order valence-corrected chi connectivity index (χ3v) is 4.48. The Morgan fingerprint density at radius 3 is 2.81 bits per heavy atom. The molecule has 2 aromatic heterocycles. The molecule has 0 atom stereocenters. The average Bonchev–Trinajstić information content (AvgIpc) is 3.26. The van der Waals surface area contributed by atoms with Crippen molar-refractivity contribution in [2.24, 2.45) is 7.05 Å². The zero-order chi connectivity index (χ0) is 18.3. The second kappa shape index (κ2) is 6.25. The highest BCUT2D eigenvalue weighted by atomic mass is 19.1. The molecule has 134 valence electrons. The lowest BCUT2D eigenvalue weighted by Gasteiger charge is -2.26. The Balaban J connectivity index is 1.72. The molecule has 0 spiro atoms. The molecule has 0 bridgehead atoms. The van der Waals surface area contributed by atoms with E-state index in [1.165, 1.54) is 6.07 Å². The zero-order valence-electron chi connectivity index (χ0n) is 14.4. The van der Waals surface area contributed by atoms with Gasteiger partial charge in [0.2, 0.25) is 0 Å². The molecule has 1 aromatic carbocycles. The highest BCUT2D eigenvalue weighted by Crippen LogP contribution is 2.31. The summed E-state index contributed by atoms with van der Waals surface area (Å²) in [6.45, 7) is 1.01. The molecule has 0 saturated heterocycles. The number of benzene rings is 1. The van der Waals surface area contributed by atoms with Crippen molar-refractivity contribution in [3.05, 3.63) is 41.3 Å². The van der Waals surface area contributed by atoms with Gasteiger partial charge in [-0.1, -0.05) is 12.1 Å². The minimum absolute atomic E-state index is 0.0940. The van der Waals surface area contributed by atoms with Crippen LogP contribution in [-0.2, 0) is 20.0 Å². The largest absolute Gasteiger partial charge is 0.414 e. The molecule has 8 nitrogen and oxygen atoms in total. The van der Waals surface area contributed by atoms with Gasteiger partial charge in [-0.25, -0.2) is 9.18 Å². The molecule has 1 aliphatic heterocycles. The number of carbonyl (C=O) groups is 1. The quantitative estimate of drug-likeness (QED) is 0.758. The standard InChI is InChI=1S/C17H17FN6O2/c1-19-17(25)24-8-7-13-11(9-24)14(22-23(13)2)16-21-20-15(26-16)10-5-3-4-6-12(10)18/h3-6H,7-9H2,1-2H3,(H,19,25). The number of aryl methyl sites for hydroxylation is 1. The van der Waals surface area contributed by atoms with Crippen molar-refractivity contribution in [3.63, 3.8) is 0 Å². The van der Waals surface area contributed by atoms with Crippen LogP contribution in [0.5, 0.6) is 0 Å². The Hall–Kier alpha value is -3.23. The van der Waals surface area contributed by atoms with Gasteiger partial charge in [-0.15, -0.1) is 10.2 Å². The molecule has 26 heavy (non-hydrogen) atoms. The number of halogens is 1. The van der Waals surface area contributed by atoms with Crippen molar-refractivity contribution in [1.29, 1.82) is 0 Å². The van der Waals surface area contributed by atoms with Crippen LogP contribution in [0.4, 0.5) is 9.18 Å². The van der Waals surface area contributed by atoms with E-state index < -0.39 is 5.82 Å². The Labute approximate surface area is 148 Å². The monoisotopic (exact) mass is 356 g/mol. The number of hydrogen-bond acceptors (Lipinski definition) is 5. The van der Waals surface area contributed by atoms with Gasteiger partial charge in [0.25, 0.3) is 11.8 Å². The van der Waals surface area contributed by atoms with E-state index in [0.29, 0.717) is 25.2 Å². The van der Waals surface area contributed by atoms with Crippen molar-refractivity contribution in [2.45, 2.75) is 13.0 Å². The van der Waals surface area contributed by atoms with Gasteiger partial charge in [0, 0.05) is 38.3 Å². The van der Waals surface area contributed by atoms with Crippen molar-refractivity contribution < 1.29 is 13.6 Å². The van der Waals surface area contributed by atoms with E-state index in [-0.39, 0.29) is 23.4 Å². The van der Waals surface area contributed by atoms with Crippen LogP contribution < -0.4 is 5.32 Å². The fourth-order valence-electron chi connectivity index (χ4n) is 3.16. The molecule has 1 aliphatic rings. The molecule has 9 heteroatoms. The maximum Gasteiger partial charge on any atom is 0.317 e. The highest BCUT2D eigenvalue weighted by molar-refractivity contribution is 5.74. The summed E-state index contributed by atoms with van der Waals surface area (Å²) in [5, 5.41) is 15.1. The van der Waals surface area contributed by atoms with Gasteiger partial charge in [-0.3, -0.25) is 4.68 Å². The van der Waals surface area contributed by atoms with Crippen LogP contribution in [0.3, 0.4) is 0 Å². The zero-order valence-corrected chi connectivity index (χ0v) is 14.4. The molecule has 2 amide bonds. The van der Waals surface area contributed by atoms with Crippen molar-refractivity contribution >= 4 is 6.03 Å². The second-order valence-electron chi connectivity index (χ2n) is 6.02. The molecule has 0 fully saturated rings. The third kappa shape index (κ3) is 2.61. The van der Waals surface area contributed by atoms with E-state index in [1.54, 1.807) is 34.8 Å². The van der Waals surface area contributed by atoms with Gasteiger partial charge in [-0.05, 0) is 12.1 Å². The van der Waals surface area contributed by atoms with Crippen LogP contribution in [0, 0.1) is 5.82 Å². The first-order chi connectivity index (χ1) is 12.6. The Bertz CT molecular complexity index is 980. The van der Waals surface area contributed by atoms with Crippen LogP contribution in [0.2, 0.25) is 0 Å². The van der Waals surface area contributed by atoms with E-state index in [0.717, 1.165) is 11.3 Å². The lowest BCUT2D eigenvalue weighted by molar-refractivity contribution is 0.194. The minimum Gasteiger partial charge on any atom is -0.414 e. The smallest absolute Gasteiger partial charge is 0.317 e. The first kappa shape index (κ1) is 16.2. The van der Waals surface area contributed by atoms with Gasteiger partial charge in [-0.2, -0.15) is 5.10 Å². The maximum atomic E-state index is 13.9. The van der Waals surface area contributed by atoms with E-state index in [1.807, 2.05) is 7.05 Å². The van der Waals surface area contributed by atoms with Crippen molar-refractivity contribution in [2.75, 3.05) is 13.6 Å². The third-order valence-electron chi connectivity index (χ3n) is 4.48. The number of rotatable bonds is 2. The second-order valence-corrected chi connectivity index (χ2v) is 6.02. The number of urea groups is 1. The summed E-state index contributed by atoms with van der Waals surface area (Å²) in [6, 6.07) is 6.06. The molecule has 0 radical (unpaired) electrons. The highest BCUT2D eigenvalue weighted by Gasteiger charge is 2.29. The Morgan fingerprint density at radius 2 is 2.04 bits per heavy atom. The number of nitrogens with one attached hydrogen (secondary N) is 1. The molecule has 3 aromatic rings. The molecular weight excluding hydrogens is 339 g/mol. The van der Waals surface area contributed by atoms with Crippen LogP contribution in [0.1, 0.15) is 11.3 Å². The molecule has 0 unspecified atom stereocenters. The summed E-state index contributed by atoms with van der Waals surface area (Å²) >= 11 is 0. The lowest BCUT2D eigenvalue weighted by Crippen LogP contribution is -2.41. The molecule has 3 heterocycles. The van der Waals surface area contributed by atoms with E-state index in [9.17, 15) is 9.18 Å². The number of carbonyl (C=O) groups excluding carboxylic acids is 1. The summed E-state index contributed by atoms with van der Waals surface area (Å²) < 4.78 is 21.4. The fraction of sp³-hybridized carbons (Fsp3) is 0.294. The van der Waals surface area contributed by atoms with Gasteiger partial charge in [0.05, 0.1) is 12.1 Å². The summed E-state index contributed by atoms with van der Waals surface area (Å²) in [5.74, 6) is -0.133. The van der Waals surface area contributed by atoms with E-state index in [2.05, 4.69) is 20.6 Å². The Kier molecular flexibility index (Phi) is 3.90. The van der Waals surface area contributed by atoms with Gasteiger partial charge in [0.1, 0.15) is 5.82 Å². The normalized spacial score (nSPS) is 13.6. The Morgan fingerprint density at radius 1 is 1.27 bits per heavy atom. The van der Waals surface area contributed by atoms with E-state index >= 15 is 0 Å². The number of nitrogens with zero attached hydrogens (tertiary/aromatic N) is 5. The maximum absolute atomic E-state index is 13.9. The fourth-order valence-corrected chi connectivity index (χ4v) is 3.16. The average molecular weight is 356 g/mol. The topological polar surface area (TPSA) is 89.1 Å². The van der Waals surface area contributed by atoms with E-state index in [4.69, 9.17) is 4.42 Å². The molecule has 0 aliphatic carbocycles. The van der Waals surface area contributed by atoms with Crippen LogP contribution in [0.15, 0.2) is 28.7 Å². The number of amides is 2. The van der Waals surface area contributed by atoms with Crippen molar-refractivity contribution in [3.8, 4) is 23.0 Å². The molecule has 0 saturated carbocycles. The predicted molar refractivity (Wildman–Crippen MR) is 90.5 cm³/mol. The minimum atomic E-state index is -0.434. The van der Waals surface area contributed by atoms with Crippen LogP contribution >= 0.6 is 0 Å². The van der Waals surface area contributed by atoms with Crippen LogP contribution in [-0.4, -0.2) is 44.5 Å². The first-order valence-electron chi connectivity index (χ1n) is 8.18. The van der Waals surface area contributed by atoms with Gasteiger partial charge < -0.3 is 14.6 Å². The summed E-state index contributed by atoms with van der Waals surface area (Å²) in [4.78, 5) is 13.6. The number of hydrogen-bond donors (Lipinski definition) is 1. The molecule has 4 rings (SSSR count). The number of aromatic nitrogens is 4. The molecular formula is C17H17FN6O2. The van der Waals surface area contributed by atoms with Crippen molar-refractivity contribution in [1.82, 2.24) is 30.2 Å². The summed E-state index contributed by atoms with van der Waals surface area (Å²) in [7, 11) is 3.44. The van der Waals surface area contributed by atoms with Gasteiger partial charge >= 0.3 is 6.03 Å².